The van der Waals surface area contributed by atoms with E-state index in [0.717, 1.165) is 26.9 Å². The highest BCUT2D eigenvalue weighted by Gasteiger charge is 2.20. The number of nitrogens with one attached hydrogen (secondary N) is 2. The molecule has 0 aliphatic heterocycles. The van der Waals surface area contributed by atoms with E-state index in [1.807, 2.05) is 56.3 Å². The van der Waals surface area contributed by atoms with Crippen LogP contribution in [0.1, 0.15) is 36.1 Å². The molecule has 2 N–H and O–H groups in total. The first-order chi connectivity index (χ1) is 12.4. The van der Waals surface area contributed by atoms with E-state index >= 15 is 0 Å². The van der Waals surface area contributed by atoms with Gasteiger partial charge in [-0.05, 0) is 49.6 Å². The van der Waals surface area contributed by atoms with Gasteiger partial charge in [-0.2, -0.15) is 0 Å². The Labute approximate surface area is 162 Å². The summed E-state index contributed by atoms with van der Waals surface area (Å²) >= 11 is 3.45. The molecule has 1 atom stereocenters. The van der Waals surface area contributed by atoms with Gasteiger partial charge < -0.3 is 15.4 Å². The quantitative estimate of drug-likeness (QED) is 0.701. The van der Waals surface area contributed by atoms with E-state index in [1.54, 1.807) is 6.92 Å². The lowest BCUT2D eigenvalue weighted by atomic mass is 10.0. The maximum absolute atomic E-state index is 12.6. The summed E-state index contributed by atoms with van der Waals surface area (Å²) in [6, 6.07) is 12.8. The van der Waals surface area contributed by atoms with E-state index in [0.29, 0.717) is 0 Å². The van der Waals surface area contributed by atoms with Crippen LogP contribution >= 0.6 is 15.9 Å². The summed E-state index contributed by atoms with van der Waals surface area (Å²) in [7, 11) is 0. The summed E-state index contributed by atoms with van der Waals surface area (Å²) in [6.07, 6.45) is -0.428. The van der Waals surface area contributed by atoms with Crippen molar-refractivity contribution in [3.05, 3.63) is 63.6 Å². The van der Waals surface area contributed by atoms with Crippen LogP contribution in [0.2, 0.25) is 0 Å². The topological polar surface area (TPSA) is 67.4 Å². The highest BCUT2D eigenvalue weighted by atomic mass is 79.9. The molecule has 0 radical (unpaired) electrons. The van der Waals surface area contributed by atoms with Gasteiger partial charge in [0, 0.05) is 10.2 Å². The molecule has 0 heterocycles. The number of amides is 2. The highest BCUT2D eigenvalue weighted by Crippen LogP contribution is 2.26. The maximum atomic E-state index is 12.6. The largest absolute Gasteiger partial charge is 0.450 e. The van der Waals surface area contributed by atoms with Crippen molar-refractivity contribution >= 4 is 33.6 Å². The summed E-state index contributed by atoms with van der Waals surface area (Å²) in [5, 5.41) is 5.72. The number of rotatable bonds is 6. The zero-order valence-corrected chi connectivity index (χ0v) is 16.7. The number of alkyl carbamates (subject to hydrolysis) is 1. The minimum absolute atomic E-state index is 0.109. The lowest BCUT2D eigenvalue weighted by Crippen LogP contribution is -2.32. The van der Waals surface area contributed by atoms with Gasteiger partial charge >= 0.3 is 6.09 Å². The van der Waals surface area contributed by atoms with E-state index in [9.17, 15) is 9.59 Å². The molecule has 0 aliphatic carbocycles. The van der Waals surface area contributed by atoms with Crippen molar-refractivity contribution in [3.8, 4) is 0 Å². The van der Waals surface area contributed by atoms with Crippen molar-refractivity contribution in [2.75, 3.05) is 11.9 Å². The SMILES string of the molecule is CCOC(=O)N[C@@H](CC(=O)Nc1c(C)cc(Br)cc1C)c1ccccc1. The highest BCUT2D eigenvalue weighted by molar-refractivity contribution is 9.10. The first kappa shape index (κ1) is 20.0. The molecule has 26 heavy (non-hydrogen) atoms. The maximum Gasteiger partial charge on any atom is 0.407 e. The molecule has 138 valence electrons. The number of benzene rings is 2. The van der Waals surface area contributed by atoms with Crippen LogP contribution < -0.4 is 10.6 Å². The van der Waals surface area contributed by atoms with Crippen molar-refractivity contribution in [3.63, 3.8) is 0 Å². The van der Waals surface area contributed by atoms with Gasteiger partial charge in [-0.15, -0.1) is 0 Å². The third kappa shape index (κ3) is 5.59. The van der Waals surface area contributed by atoms with Gasteiger partial charge in [-0.25, -0.2) is 4.79 Å². The second kappa shape index (κ2) is 9.38. The zero-order valence-electron chi connectivity index (χ0n) is 15.1. The fourth-order valence-corrected chi connectivity index (χ4v) is 3.42. The minimum Gasteiger partial charge on any atom is -0.450 e. The summed E-state index contributed by atoms with van der Waals surface area (Å²) in [5.41, 5.74) is 3.58. The summed E-state index contributed by atoms with van der Waals surface area (Å²) in [4.78, 5) is 24.5. The van der Waals surface area contributed by atoms with Crippen LogP contribution in [0.4, 0.5) is 10.5 Å². The normalized spacial score (nSPS) is 11.5. The van der Waals surface area contributed by atoms with Crippen LogP contribution in [-0.2, 0) is 9.53 Å². The molecule has 0 fully saturated rings. The van der Waals surface area contributed by atoms with Gasteiger partial charge in [0.05, 0.1) is 19.1 Å². The van der Waals surface area contributed by atoms with Crippen LogP contribution in [0.25, 0.3) is 0 Å². The van der Waals surface area contributed by atoms with Crippen LogP contribution in [0.15, 0.2) is 46.9 Å². The van der Waals surface area contributed by atoms with Gasteiger partial charge in [0.1, 0.15) is 0 Å². The first-order valence-electron chi connectivity index (χ1n) is 8.45. The number of carbonyl (C=O) groups excluding carboxylic acids is 2. The summed E-state index contributed by atoms with van der Waals surface area (Å²) < 4.78 is 5.93. The average Bonchev–Trinajstić information content (AvgIpc) is 2.58. The van der Waals surface area contributed by atoms with Crippen molar-refractivity contribution in [1.29, 1.82) is 0 Å². The number of aryl methyl sites for hydroxylation is 2. The molecule has 2 aromatic carbocycles. The monoisotopic (exact) mass is 418 g/mol. The molecule has 0 aromatic heterocycles. The van der Waals surface area contributed by atoms with Crippen LogP contribution in [0, 0.1) is 13.8 Å². The minimum atomic E-state index is -0.537. The Kier molecular flexibility index (Phi) is 7.21. The van der Waals surface area contributed by atoms with Crippen LogP contribution in [0.3, 0.4) is 0 Å². The lowest BCUT2D eigenvalue weighted by Gasteiger charge is -2.19. The molecule has 0 bridgehead atoms. The van der Waals surface area contributed by atoms with E-state index in [1.165, 1.54) is 0 Å². The van der Waals surface area contributed by atoms with Gasteiger partial charge in [-0.1, -0.05) is 46.3 Å². The third-order valence-electron chi connectivity index (χ3n) is 3.92. The predicted molar refractivity (Wildman–Crippen MR) is 106 cm³/mol. The van der Waals surface area contributed by atoms with Gasteiger partial charge in [-0.3, -0.25) is 4.79 Å². The Hall–Kier alpha value is -2.34. The van der Waals surface area contributed by atoms with Crippen molar-refractivity contribution in [1.82, 2.24) is 5.32 Å². The molecule has 0 aliphatic rings. The number of ether oxygens (including phenoxy) is 1. The summed E-state index contributed by atoms with van der Waals surface area (Å²) in [5.74, 6) is -0.177. The molecule has 0 saturated carbocycles. The van der Waals surface area contributed by atoms with Gasteiger partial charge in [0.25, 0.3) is 0 Å². The summed E-state index contributed by atoms with van der Waals surface area (Å²) in [6.45, 7) is 5.90. The molecule has 6 heteroatoms. The Morgan fingerprint density at radius 1 is 1.12 bits per heavy atom. The fraction of sp³-hybridized carbons (Fsp3) is 0.300. The molecule has 5 nitrogen and oxygen atoms in total. The Morgan fingerprint density at radius 3 is 2.31 bits per heavy atom. The van der Waals surface area contributed by atoms with E-state index in [-0.39, 0.29) is 18.9 Å². The van der Waals surface area contributed by atoms with Crippen molar-refractivity contribution < 1.29 is 14.3 Å². The standard InChI is InChI=1S/C20H23BrN2O3/c1-4-26-20(25)22-17(15-8-6-5-7-9-15)12-18(24)23-19-13(2)10-16(21)11-14(19)3/h5-11,17H,4,12H2,1-3H3,(H,22,25)(H,23,24)/t17-/m0/s1. The Balaban J connectivity index is 2.15. The average molecular weight is 419 g/mol. The number of anilines is 1. The molecule has 0 saturated heterocycles. The molecular formula is C20H23BrN2O3. The first-order valence-corrected chi connectivity index (χ1v) is 9.24. The number of hydrogen-bond donors (Lipinski definition) is 2. The molecule has 0 unspecified atom stereocenters. The second-order valence-electron chi connectivity index (χ2n) is 5.99. The second-order valence-corrected chi connectivity index (χ2v) is 6.91. The van der Waals surface area contributed by atoms with E-state index in [4.69, 9.17) is 4.74 Å². The Morgan fingerprint density at radius 2 is 1.73 bits per heavy atom. The number of halogens is 1. The molecule has 2 amide bonds. The third-order valence-corrected chi connectivity index (χ3v) is 4.38. The Bertz CT molecular complexity index is 755. The van der Waals surface area contributed by atoms with E-state index < -0.39 is 12.1 Å². The zero-order chi connectivity index (χ0) is 19.1. The van der Waals surface area contributed by atoms with Crippen molar-refractivity contribution in [2.24, 2.45) is 0 Å². The van der Waals surface area contributed by atoms with E-state index in [2.05, 4.69) is 26.6 Å². The predicted octanol–water partition coefficient (Wildman–Crippen LogP) is 4.88. The smallest absolute Gasteiger partial charge is 0.407 e. The van der Waals surface area contributed by atoms with Crippen LogP contribution in [-0.4, -0.2) is 18.6 Å². The fourth-order valence-electron chi connectivity index (χ4n) is 2.74. The van der Waals surface area contributed by atoms with Crippen molar-refractivity contribution in [2.45, 2.75) is 33.2 Å². The number of carbonyl (C=O) groups is 2. The van der Waals surface area contributed by atoms with Crippen LogP contribution in [0.5, 0.6) is 0 Å². The number of hydrogen-bond acceptors (Lipinski definition) is 3. The lowest BCUT2D eigenvalue weighted by molar-refractivity contribution is -0.116. The van der Waals surface area contributed by atoms with Gasteiger partial charge in [0.2, 0.25) is 5.91 Å². The molecule has 0 spiro atoms. The molecule has 2 rings (SSSR count). The molecular weight excluding hydrogens is 396 g/mol. The van der Waals surface area contributed by atoms with Gasteiger partial charge in [0.15, 0.2) is 0 Å². The molecule has 2 aromatic rings.